The molecule has 8 heteroatoms. The number of anilines is 1. The summed E-state index contributed by atoms with van der Waals surface area (Å²) in [5.41, 5.74) is 12.3. The Kier molecular flexibility index (Phi) is 2.47. The molecule has 17 heavy (non-hydrogen) atoms. The van der Waals surface area contributed by atoms with Gasteiger partial charge < -0.3 is 11.5 Å². The summed E-state index contributed by atoms with van der Waals surface area (Å²) in [6.45, 7) is 3.60. The van der Waals surface area contributed by atoms with Crippen molar-refractivity contribution in [1.29, 1.82) is 0 Å². The predicted molar refractivity (Wildman–Crippen MR) is 59.4 cm³/mol. The van der Waals surface area contributed by atoms with Gasteiger partial charge in [-0.1, -0.05) is 0 Å². The largest absolute Gasteiger partial charge is 0.395 e. The molecule has 88 valence electrons. The van der Waals surface area contributed by atoms with Crippen molar-refractivity contribution in [3.63, 3.8) is 0 Å². The monoisotopic (exact) mass is 233 g/mol. The number of hydrogen-bond donors (Lipinski definition) is 2. The zero-order valence-corrected chi connectivity index (χ0v) is 9.38. The van der Waals surface area contributed by atoms with Crippen LogP contribution in [-0.2, 0) is 0 Å². The lowest BCUT2D eigenvalue weighted by Crippen LogP contribution is -2.14. The lowest BCUT2D eigenvalue weighted by Gasteiger charge is -2.00. The predicted octanol–water partition coefficient (Wildman–Crippen LogP) is -0.645. The minimum Gasteiger partial charge on any atom is -0.395 e. The third-order valence-corrected chi connectivity index (χ3v) is 2.26. The molecule has 0 aromatic carbocycles. The molecule has 2 aromatic heterocycles. The van der Waals surface area contributed by atoms with Gasteiger partial charge in [0.05, 0.1) is 23.3 Å². The van der Waals surface area contributed by atoms with Gasteiger partial charge in [-0.3, -0.25) is 4.79 Å². The molecule has 0 spiro atoms. The first kappa shape index (κ1) is 11.0. The van der Waals surface area contributed by atoms with Gasteiger partial charge in [0.2, 0.25) is 0 Å². The number of rotatable bonds is 2. The zero-order valence-electron chi connectivity index (χ0n) is 9.38. The Hall–Kier alpha value is -2.51. The lowest BCUT2D eigenvalue weighted by atomic mass is 10.4. The summed E-state index contributed by atoms with van der Waals surface area (Å²) in [5.74, 6) is -0.453. The van der Waals surface area contributed by atoms with Crippen LogP contribution in [0.3, 0.4) is 0 Å². The van der Waals surface area contributed by atoms with Crippen LogP contribution in [-0.4, -0.2) is 30.9 Å². The number of carbonyl (C=O) groups excluding carboxylic acids is 1. The highest BCUT2D eigenvalue weighted by atomic mass is 16.1. The fraction of sp³-hybridized carbons (Fsp3) is 0.222. The van der Waals surface area contributed by atoms with E-state index in [0.29, 0.717) is 0 Å². The van der Waals surface area contributed by atoms with Gasteiger partial charge in [0.1, 0.15) is 0 Å². The SMILES string of the molecule is Cc1nnc(-n2cc(N)c(C(N)=O)n2)nc1C. The van der Waals surface area contributed by atoms with E-state index in [4.69, 9.17) is 11.5 Å². The summed E-state index contributed by atoms with van der Waals surface area (Å²) in [6, 6.07) is 0. The Bertz CT molecular complexity index is 589. The van der Waals surface area contributed by atoms with Crippen molar-refractivity contribution < 1.29 is 4.79 Å². The Labute approximate surface area is 96.7 Å². The molecule has 1 amide bonds. The molecule has 2 heterocycles. The van der Waals surface area contributed by atoms with E-state index in [1.807, 2.05) is 0 Å². The van der Waals surface area contributed by atoms with Gasteiger partial charge in [-0.15, -0.1) is 5.10 Å². The second kappa shape index (κ2) is 3.81. The quantitative estimate of drug-likeness (QED) is 0.710. The van der Waals surface area contributed by atoms with E-state index < -0.39 is 5.91 Å². The molecule has 0 fully saturated rings. The van der Waals surface area contributed by atoms with Crippen LogP contribution in [0.25, 0.3) is 5.95 Å². The normalized spacial score (nSPS) is 10.5. The fourth-order valence-electron chi connectivity index (χ4n) is 1.22. The molecule has 0 bridgehead atoms. The molecule has 0 aliphatic heterocycles. The summed E-state index contributed by atoms with van der Waals surface area (Å²) < 4.78 is 1.27. The lowest BCUT2D eigenvalue weighted by molar-refractivity contribution is 0.0996. The average Bonchev–Trinajstić information content (AvgIpc) is 2.64. The van der Waals surface area contributed by atoms with Gasteiger partial charge in [-0.05, 0) is 13.8 Å². The topological polar surface area (TPSA) is 126 Å². The first-order valence-corrected chi connectivity index (χ1v) is 4.82. The van der Waals surface area contributed by atoms with Crippen molar-refractivity contribution in [2.24, 2.45) is 5.73 Å². The van der Waals surface area contributed by atoms with Crippen molar-refractivity contribution in [1.82, 2.24) is 25.0 Å². The van der Waals surface area contributed by atoms with Gasteiger partial charge in [-0.25, -0.2) is 9.67 Å². The van der Waals surface area contributed by atoms with E-state index in [1.165, 1.54) is 10.9 Å². The van der Waals surface area contributed by atoms with Gasteiger partial charge in [0.25, 0.3) is 11.9 Å². The molecule has 0 radical (unpaired) electrons. The maximum absolute atomic E-state index is 11.0. The molecule has 8 nitrogen and oxygen atoms in total. The van der Waals surface area contributed by atoms with Crippen LogP contribution in [0.15, 0.2) is 6.20 Å². The van der Waals surface area contributed by atoms with E-state index in [-0.39, 0.29) is 17.3 Å². The van der Waals surface area contributed by atoms with Crippen LogP contribution < -0.4 is 11.5 Å². The van der Waals surface area contributed by atoms with Gasteiger partial charge >= 0.3 is 0 Å². The van der Waals surface area contributed by atoms with Crippen molar-refractivity contribution in [2.45, 2.75) is 13.8 Å². The first-order chi connectivity index (χ1) is 7.99. The second-order valence-electron chi connectivity index (χ2n) is 3.52. The standard InChI is InChI=1S/C9H11N7O/c1-4-5(2)13-14-9(12-4)16-3-6(10)7(15-16)8(11)17/h3H,10H2,1-2H3,(H2,11,17). The number of aryl methyl sites for hydroxylation is 2. The molecule has 2 aromatic rings. The molecule has 0 saturated heterocycles. The maximum Gasteiger partial charge on any atom is 0.271 e. The number of nitrogens with zero attached hydrogens (tertiary/aromatic N) is 5. The average molecular weight is 233 g/mol. The number of primary amides is 1. The molecule has 2 rings (SSSR count). The Balaban J connectivity index is 2.50. The molecule has 0 aliphatic rings. The minimum absolute atomic E-state index is 0.00757. The summed E-state index contributed by atoms with van der Waals surface area (Å²) in [6.07, 6.45) is 1.42. The van der Waals surface area contributed by atoms with Crippen LogP contribution in [0.1, 0.15) is 21.9 Å². The molecule has 0 aliphatic carbocycles. The molecular weight excluding hydrogens is 222 g/mol. The van der Waals surface area contributed by atoms with E-state index in [1.54, 1.807) is 13.8 Å². The molecule has 4 N–H and O–H groups in total. The summed E-state index contributed by atoms with van der Waals surface area (Å²) >= 11 is 0. The van der Waals surface area contributed by atoms with Crippen LogP contribution in [0, 0.1) is 13.8 Å². The van der Waals surface area contributed by atoms with Gasteiger partial charge in [0, 0.05) is 0 Å². The number of nitrogens with two attached hydrogens (primary N) is 2. The van der Waals surface area contributed by atoms with Crippen LogP contribution in [0.2, 0.25) is 0 Å². The summed E-state index contributed by atoms with van der Waals surface area (Å²) in [7, 11) is 0. The maximum atomic E-state index is 11.0. The van der Waals surface area contributed by atoms with Crippen molar-refractivity contribution in [3.05, 3.63) is 23.3 Å². The third kappa shape index (κ3) is 1.92. The van der Waals surface area contributed by atoms with Crippen LogP contribution in [0.5, 0.6) is 0 Å². The van der Waals surface area contributed by atoms with Gasteiger partial charge in [0.15, 0.2) is 5.69 Å². The number of aromatic nitrogens is 5. The number of hydrogen-bond acceptors (Lipinski definition) is 6. The third-order valence-electron chi connectivity index (χ3n) is 2.26. The second-order valence-corrected chi connectivity index (χ2v) is 3.52. The van der Waals surface area contributed by atoms with E-state index in [9.17, 15) is 4.79 Å². The van der Waals surface area contributed by atoms with Crippen LogP contribution in [0.4, 0.5) is 5.69 Å². The first-order valence-electron chi connectivity index (χ1n) is 4.82. The number of nitrogen functional groups attached to an aromatic ring is 1. The fourth-order valence-corrected chi connectivity index (χ4v) is 1.22. The summed E-state index contributed by atoms with van der Waals surface area (Å²) in [4.78, 5) is 15.2. The number of amides is 1. The van der Waals surface area contributed by atoms with Crippen molar-refractivity contribution in [3.8, 4) is 5.95 Å². The highest BCUT2D eigenvalue weighted by Gasteiger charge is 2.14. The van der Waals surface area contributed by atoms with Gasteiger partial charge in [-0.2, -0.15) is 10.2 Å². The Morgan fingerprint density at radius 2 is 2.00 bits per heavy atom. The van der Waals surface area contributed by atoms with Crippen LogP contribution >= 0.6 is 0 Å². The molecule has 0 saturated carbocycles. The molecule has 0 atom stereocenters. The van der Waals surface area contributed by atoms with E-state index in [2.05, 4.69) is 20.3 Å². The Morgan fingerprint density at radius 1 is 1.29 bits per heavy atom. The Morgan fingerprint density at radius 3 is 2.53 bits per heavy atom. The molecular formula is C9H11N7O. The van der Waals surface area contributed by atoms with E-state index >= 15 is 0 Å². The molecule has 0 unspecified atom stereocenters. The van der Waals surface area contributed by atoms with Crippen molar-refractivity contribution in [2.75, 3.05) is 5.73 Å². The van der Waals surface area contributed by atoms with E-state index in [0.717, 1.165) is 11.4 Å². The highest BCUT2D eigenvalue weighted by Crippen LogP contribution is 2.11. The highest BCUT2D eigenvalue weighted by molar-refractivity contribution is 5.95. The summed E-state index contributed by atoms with van der Waals surface area (Å²) in [5, 5.41) is 11.7. The minimum atomic E-state index is -0.696. The smallest absolute Gasteiger partial charge is 0.271 e. The zero-order chi connectivity index (χ0) is 12.6. The number of carbonyl (C=O) groups is 1. The van der Waals surface area contributed by atoms with Crippen molar-refractivity contribution >= 4 is 11.6 Å².